The second-order valence-electron chi connectivity index (χ2n) is 16.8. The molecule has 0 saturated carbocycles. The summed E-state index contributed by atoms with van der Waals surface area (Å²) in [4.78, 5) is 45.6. The summed E-state index contributed by atoms with van der Waals surface area (Å²) in [5, 5.41) is 2.94. The Hall–Kier alpha value is -1.63. The van der Waals surface area contributed by atoms with E-state index in [9.17, 15) is 14.4 Å². The third-order valence-electron chi connectivity index (χ3n) is 12.0. The summed E-state index contributed by atoms with van der Waals surface area (Å²) in [6.45, 7) is 14.5. The summed E-state index contributed by atoms with van der Waals surface area (Å²) < 4.78 is 5.17. The molecule has 1 aliphatic heterocycles. The van der Waals surface area contributed by atoms with Gasteiger partial charge in [0.1, 0.15) is 12.6 Å². The van der Waals surface area contributed by atoms with Gasteiger partial charge in [-0.25, -0.2) is 0 Å². The molecule has 1 saturated heterocycles. The third-order valence-corrected chi connectivity index (χ3v) is 12.0. The predicted molar refractivity (Wildman–Crippen MR) is 230 cm³/mol. The van der Waals surface area contributed by atoms with Crippen molar-refractivity contribution in [3.05, 3.63) is 0 Å². The average Bonchev–Trinajstić information content (AvgIpc) is 3.18. The van der Waals surface area contributed by atoms with Gasteiger partial charge in [0.25, 0.3) is 0 Å². The van der Waals surface area contributed by atoms with Crippen molar-refractivity contribution in [1.82, 2.24) is 15.1 Å². The molecule has 2 unspecified atom stereocenters. The highest BCUT2D eigenvalue weighted by atomic mass is 16.5. The minimum atomic E-state index is -0.538. The van der Waals surface area contributed by atoms with Crippen LogP contribution in [0, 0.1) is 11.8 Å². The Labute approximate surface area is 335 Å². The molecular formula is C47H91N3O4. The molecule has 7 nitrogen and oxygen atoms in total. The molecule has 1 aliphatic rings. The lowest BCUT2D eigenvalue weighted by Gasteiger charge is -2.41. The molecule has 1 N–H and O–H groups in total. The lowest BCUT2D eigenvalue weighted by atomic mass is 9.85. The maximum Gasteiger partial charge on any atom is 0.325 e. The number of likely N-dealkylation sites (tertiary alicyclic amines) is 1. The number of carbonyl (C=O) groups excluding carboxylic acids is 3. The fourth-order valence-electron chi connectivity index (χ4n) is 8.51. The van der Waals surface area contributed by atoms with E-state index in [4.69, 9.17) is 4.74 Å². The number of nitrogens with zero attached hydrogens (tertiary/aromatic N) is 2. The van der Waals surface area contributed by atoms with Crippen LogP contribution < -0.4 is 5.32 Å². The Morgan fingerprint density at radius 3 is 1.46 bits per heavy atom. The molecule has 318 valence electrons. The van der Waals surface area contributed by atoms with Gasteiger partial charge in [0.05, 0.1) is 6.61 Å². The summed E-state index contributed by atoms with van der Waals surface area (Å²) in [7, 11) is 0. The fourth-order valence-corrected chi connectivity index (χ4v) is 8.51. The lowest BCUT2D eigenvalue weighted by molar-refractivity contribution is -0.147. The second kappa shape index (κ2) is 35.8. The molecule has 0 aromatic rings. The van der Waals surface area contributed by atoms with Crippen LogP contribution in [-0.2, 0) is 19.1 Å². The molecule has 7 heteroatoms. The first kappa shape index (κ1) is 50.4. The monoisotopic (exact) mass is 762 g/mol. The molecule has 1 fully saturated rings. The van der Waals surface area contributed by atoms with Crippen molar-refractivity contribution < 1.29 is 19.1 Å². The quantitative estimate of drug-likeness (QED) is 0.0504. The van der Waals surface area contributed by atoms with Gasteiger partial charge in [-0.1, -0.05) is 182 Å². The molecule has 0 aromatic carbocycles. The minimum Gasteiger partial charge on any atom is -0.465 e. The summed E-state index contributed by atoms with van der Waals surface area (Å²) in [6, 6.07) is -0.538. The topological polar surface area (TPSA) is 79.0 Å². The first-order valence-electron chi connectivity index (χ1n) is 23.9. The van der Waals surface area contributed by atoms with Gasteiger partial charge in [-0.3, -0.25) is 14.4 Å². The van der Waals surface area contributed by atoms with E-state index >= 15 is 0 Å². The van der Waals surface area contributed by atoms with Crippen molar-refractivity contribution in [1.29, 1.82) is 0 Å². The van der Waals surface area contributed by atoms with E-state index in [0.29, 0.717) is 18.9 Å². The van der Waals surface area contributed by atoms with E-state index in [1.54, 1.807) is 6.92 Å². The van der Waals surface area contributed by atoms with Crippen molar-refractivity contribution in [2.75, 3.05) is 39.3 Å². The number of unbranched alkanes of at least 4 members (excludes halogenated alkanes) is 22. The minimum absolute atomic E-state index is 0.0917. The zero-order chi connectivity index (χ0) is 39.5. The molecule has 0 radical (unpaired) electrons. The smallest absolute Gasteiger partial charge is 0.325 e. The number of nitrogens with one attached hydrogen (secondary N) is 1. The van der Waals surface area contributed by atoms with Crippen LogP contribution in [0.25, 0.3) is 0 Å². The Bertz CT molecular complexity index is 890. The van der Waals surface area contributed by atoms with Crippen LogP contribution in [0.4, 0.5) is 0 Å². The van der Waals surface area contributed by atoms with Crippen molar-refractivity contribution in [3.63, 3.8) is 0 Å². The van der Waals surface area contributed by atoms with Gasteiger partial charge in [0.15, 0.2) is 0 Å². The Balaban J connectivity index is 3.12. The number of rotatable bonds is 37. The maximum absolute atomic E-state index is 14.5. The molecule has 1 rings (SSSR count). The molecule has 2 atom stereocenters. The largest absolute Gasteiger partial charge is 0.465 e. The van der Waals surface area contributed by atoms with E-state index < -0.39 is 12.0 Å². The summed E-state index contributed by atoms with van der Waals surface area (Å²) in [5.41, 5.74) is 0. The summed E-state index contributed by atoms with van der Waals surface area (Å²) in [5.74, 6) is 0.0438. The first-order chi connectivity index (χ1) is 26.4. The Morgan fingerprint density at radius 1 is 0.611 bits per heavy atom. The molecule has 2 amide bonds. The van der Waals surface area contributed by atoms with E-state index in [-0.39, 0.29) is 30.9 Å². The fraction of sp³-hybridized carbons (Fsp3) is 0.936. The number of hydrogen-bond donors (Lipinski definition) is 1. The van der Waals surface area contributed by atoms with Crippen LogP contribution in [0.2, 0.25) is 0 Å². The van der Waals surface area contributed by atoms with E-state index in [1.807, 2.05) is 4.90 Å². The van der Waals surface area contributed by atoms with E-state index in [0.717, 1.165) is 58.2 Å². The number of hydrogen-bond acceptors (Lipinski definition) is 5. The normalized spacial score (nSPS) is 14.9. The maximum atomic E-state index is 14.5. The van der Waals surface area contributed by atoms with Crippen molar-refractivity contribution in [3.8, 4) is 0 Å². The highest BCUT2D eigenvalue weighted by Crippen LogP contribution is 2.29. The van der Waals surface area contributed by atoms with Gasteiger partial charge in [-0.05, 0) is 70.5 Å². The zero-order valence-electron chi connectivity index (χ0n) is 36.7. The van der Waals surface area contributed by atoms with Crippen LogP contribution in [0.3, 0.4) is 0 Å². The van der Waals surface area contributed by atoms with Crippen molar-refractivity contribution >= 4 is 17.8 Å². The Morgan fingerprint density at radius 2 is 1.04 bits per heavy atom. The van der Waals surface area contributed by atoms with Crippen LogP contribution in [0.15, 0.2) is 0 Å². The Kier molecular flexibility index (Phi) is 33.4. The lowest BCUT2D eigenvalue weighted by Crippen LogP contribution is -2.57. The second-order valence-corrected chi connectivity index (χ2v) is 16.8. The third kappa shape index (κ3) is 25.5. The number of piperidine rings is 1. The highest BCUT2D eigenvalue weighted by Gasteiger charge is 2.38. The number of carbonyl (C=O) groups is 3. The van der Waals surface area contributed by atoms with Gasteiger partial charge in [-0.15, -0.1) is 0 Å². The predicted octanol–water partition coefficient (Wildman–Crippen LogP) is 12.2. The van der Waals surface area contributed by atoms with Crippen LogP contribution in [0.5, 0.6) is 0 Å². The molecular weight excluding hydrogens is 671 g/mol. The van der Waals surface area contributed by atoms with Crippen molar-refractivity contribution in [2.45, 2.75) is 233 Å². The summed E-state index contributed by atoms with van der Waals surface area (Å²) >= 11 is 0. The highest BCUT2D eigenvalue weighted by molar-refractivity contribution is 5.90. The first-order valence-corrected chi connectivity index (χ1v) is 23.9. The summed E-state index contributed by atoms with van der Waals surface area (Å²) in [6.07, 6.45) is 36.3. The molecule has 0 aromatic heterocycles. The number of ether oxygens (including phenoxy) is 1. The zero-order valence-corrected chi connectivity index (χ0v) is 36.7. The molecule has 0 bridgehead atoms. The van der Waals surface area contributed by atoms with E-state index in [2.05, 4.69) is 37.9 Å². The standard InChI is InChI=1S/C47H91N3O4/c1-6-11-14-17-20-22-23-24-26-29-32-35-44(51)50(46(43-36-38-49(9-4)39-37-43)47(53)48-40-45(52)54-10-5)41-42(33-30-27-19-16-13-8-3)34-31-28-25-21-18-15-12-7-2/h42-43,46H,6-41H2,1-5H3,(H,48,53). The molecule has 54 heavy (non-hydrogen) atoms. The SMILES string of the molecule is CCCCCCCCCCCCCC(=O)N(CC(CCCCCCCC)CCCCCCCCCC)C(C(=O)NCC(=O)OCC)C1CCN(CC)CC1. The van der Waals surface area contributed by atoms with Crippen LogP contribution in [-0.4, -0.2) is 73.0 Å². The van der Waals surface area contributed by atoms with Gasteiger partial charge in [-0.2, -0.15) is 0 Å². The van der Waals surface area contributed by atoms with Gasteiger partial charge < -0.3 is 19.9 Å². The molecule has 0 aliphatic carbocycles. The van der Waals surface area contributed by atoms with Gasteiger partial charge in [0.2, 0.25) is 11.8 Å². The molecule has 1 heterocycles. The average molecular weight is 762 g/mol. The molecule has 0 spiro atoms. The van der Waals surface area contributed by atoms with Crippen LogP contribution in [0.1, 0.15) is 227 Å². The number of amides is 2. The van der Waals surface area contributed by atoms with Gasteiger partial charge in [0, 0.05) is 13.0 Å². The van der Waals surface area contributed by atoms with E-state index in [1.165, 1.54) is 148 Å². The van der Waals surface area contributed by atoms with Crippen molar-refractivity contribution in [2.24, 2.45) is 11.8 Å². The van der Waals surface area contributed by atoms with Gasteiger partial charge >= 0.3 is 5.97 Å². The van der Waals surface area contributed by atoms with Crippen LogP contribution >= 0.6 is 0 Å². The number of esters is 1.